The van der Waals surface area contributed by atoms with Gasteiger partial charge in [-0.2, -0.15) is 0 Å². The molecular weight excluding hydrogens is 376 g/mol. The fourth-order valence-corrected chi connectivity index (χ4v) is 4.53. The Morgan fingerprint density at radius 1 is 1.08 bits per heavy atom. The third-order valence-electron chi connectivity index (χ3n) is 4.53. The summed E-state index contributed by atoms with van der Waals surface area (Å²) < 4.78 is 26.3. The van der Waals surface area contributed by atoms with Crippen molar-refractivity contribution in [1.29, 1.82) is 0 Å². The highest BCUT2D eigenvalue weighted by Gasteiger charge is 2.21. The molecule has 26 heavy (non-hydrogen) atoms. The fraction of sp³-hybridized carbons (Fsp3) is 0.350. The topological polar surface area (TPSA) is 29.1 Å². The Hall–Kier alpha value is -1.59. The molecule has 1 aliphatic carbocycles. The van der Waals surface area contributed by atoms with Gasteiger partial charge in [0.1, 0.15) is 0 Å². The smallest absolute Gasteiger partial charge is 0.255 e. The summed E-state index contributed by atoms with van der Waals surface area (Å²) in [7, 11) is 0. The average molecular weight is 396 g/mol. The molecule has 6 heteroatoms. The number of halogens is 3. The van der Waals surface area contributed by atoms with Crippen molar-refractivity contribution in [2.24, 2.45) is 0 Å². The second-order valence-corrected chi connectivity index (χ2v) is 8.51. The summed E-state index contributed by atoms with van der Waals surface area (Å²) in [5.74, 6) is -2.27. The molecule has 0 saturated heterocycles. The largest absolute Gasteiger partial charge is 0.322 e. The quantitative estimate of drug-likeness (QED) is 0.627. The predicted octanol–water partition coefficient (Wildman–Crippen LogP) is 6.17. The minimum atomic E-state index is -0.988. The van der Waals surface area contributed by atoms with Crippen LogP contribution in [-0.2, 0) is 0 Å². The molecule has 2 aromatic rings. The van der Waals surface area contributed by atoms with Gasteiger partial charge < -0.3 is 5.32 Å². The van der Waals surface area contributed by atoms with Gasteiger partial charge in [0.2, 0.25) is 0 Å². The first-order valence-corrected chi connectivity index (χ1v) is 9.92. The van der Waals surface area contributed by atoms with Gasteiger partial charge in [0.05, 0.1) is 0 Å². The SMILES string of the molecule is Cc1ccc(C(=O)Nc2ccc(F)c(F)c2)cc1SC1CCC(Cl)CC1. The van der Waals surface area contributed by atoms with Crippen LogP contribution in [0.25, 0.3) is 0 Å². The number of nitrogens with one attached hydrogen (secondary N) is 1. The number of thioether (sulfide) groups is 1. The number of benzene rings is 2. The highest BCUT2D eigenvalue weighted by molar-refractivity contribution is 8.00. The van der Waals surface area contributed by atoms with Crippen molar-refractivity contribution in [1.82, 2.24) is 0 Å². The summed E-state index contributed by atoms with van der Waals surface area (Å²) in [6, 6.07) is 8.82. The Morgan fingerprint density at radius 2 is 1.81 bits per heavy atom. The molecule has 0 aromatic heterocycles. The van der Waals surface area contributed by atoms with Crippen LogP contribution < -0.4 is 5.32 Å². The number of aryl methyl sites for hydroxylation is 1. The Morgan fingerprint density at radius 3 is 2.50 bits per heavy atom. The van der Waals surface area contributed by atoms with Gasteiger partial charge in [-0.15, -0.1) is 23.4 Å². The van der Waals surface area contributed by atoms with Crippen molar-refractivity contribution in [2.45, 2.75) is 48.1 Å². The molecule has 1 saturated carbocycles. The van der Waals surface area contributed by atoms with Gasteiger partial charge in [-0.05, 0) is 62.4 Å². The average Bonchev–Trinajstić information content (AvgIpc) is 2.62. The molecule has 0 bridgehead atoms. The monoisotopic (exact) mass is 395 g/mol. The fourth-order valence-electron chi connectivity index (χ4n) is 2.97. The van der Waals surface area contributed by atoms with Crippen LogP contribution in [0.15, 0.2) is 41.3 Å². The molecule has 3 rings (SSSR count). The van der Waals surface area contributed by atoms with Crippen LogP contribution in [0.5, 0.6) is 0 Å². The van der Waals surface area contributed by atoms with Gasteiger partial charge in [-0.3, -0.25) is 4.79 Å². The van der Waals surface area contributed by atoms with E-state index in [1.165, 1.54) is 6.07 Å². The summed E-state index contributed by atoms with van der Waals surface area (Å²) in [5, 5.41) is 3.40. The number of rotatable bonds is 4. The number of hydrogen-bond acceptors (Lipinski definition) is 2. The van der Waals surface area contributed by atoms with Crippen molar-refractivity contribution >= 4 is 35.0 Å². The van der Waals surface area contributed by atoms with Crippen molar-refractivity contribution in [3.8, 4) is 0 Å². The standard InChI is InChI=1S/C20H20ClF2NOS/c1-12-2-3-13(10-19(12)26-16-7-4-14(21)5-8-16)20(25)24-15-6-9-17(22)18(23)11-15/h2-3,6,9-11,14,16H,4-5,7-8H2,1H3,(H,24,25). The third kappa shape index (κ3) is 4.77. The van der Waals surface area contributed by atoms with Crippen molar-refractivity contribution < 1.29 is 13.6 Å². The lowest BCUT2D eigenvalue weighted by Crippen LogP contribution is -2.16. The summed E-state index contributed by atoms with van der Waals surface area (Å²) in [5.41, 5.74) is 1.84. The van der Waals surface area contributed by atoms with Gasteiger partial charge >= 0.3 is 0 Å². The summed E-state index contributed by atoms with van der Waals surface area (Å²) in [6.07, 6.45) is 4.19. The molecule has 1 N–H and O–H groups in total. The number of anilines is 1. The highest BCUT2D eigenvalue weighted by atomic mass is 35.5. The first-order chi connectivity index (χ1) is 12.4. The van der Waals surface area contributed by atoms with Crippen LogP contribution in [0.2, 0.25) is 0 Å². The molecule has 2 aromatic carbocycles. The third-order valence-corrected chi connectivity index (χ3v) is 6.46. The zero-order valence-corrected chi connectivity index (χ0v) is 16.0. The Balaban J connectivity index is 1.71. The van der Waals surface area contributed by atoms with Crippen LogP contribution in [0.3, 0.4) is 0 Å². The lowest BCUT2D eigenvalue weighted by atomic mass is 10.00. The lowest BCUT2D eigenvalue weighted by molar-refractivity contribution is 0.102. The molecular formula is C20H20ClF2NOS. The van der Waals surface area contributed by atoms with Gasteiger partial charge in [-0.25, -0.2) is 8.78 Å². The predicted molar refractivity (Wildman–Crippen MR) is 103 cm³/mol. The first kappa shape index (κ1) is 19.2. The van der Waals surface area contributed by atoms with Crippen LogP contribution in [0.1, 0.15) is 41.6 Å². The van der Waals surface area contributed by atoms with Crippen molar-refractivity contribution in [3.05, 3.63) is 59.2 Å². The molecule has 0 heterocycles. The summed E-state index contributed by atoms with van der Waals surface area (Å²) in [6.45, 7) is 2.02. The molecule has 0 radical (unpaired) electrons. The molecule has 0 aliphatic heterocycles. The zero-order valence-electron chi connectivity index (χ0n) is 14.4. The maximum Gasteiger partial charge on any atom is 0.255 e. The maximum absolute atomic E-state index is 13.3. The first-order valence-electron chi connectivity index (χ1n) is 8.60. The van der Waals surface area contributed by atoms with Gasteiger partial charge in [0.15, 0.2) is 11.6 Å². The van der Waals surface area contributed by atoms with E-state index in [-0.39, 0.29) is 17.0 Å². The van der Waals surface area contributed by atoms with E-state index in [4.69, 9.17) is 11.6 Å². The lowest BCUT2D eigenvalue weighted by Gasteiger charge is -2.25. The van der Waals surface area contributed by atoms with E-state index in [1.807, 2.05) is 19.1 Å². The maximum atomic E-state index is 13.3. The number of alkyl halides is 1. The molecule has 0 atom stereocenters. The Labute approximate surface area is 161 Å². The highest BCUT2D eigenvalue weighted by Crippen LogP contribution is 2.37. The molecule has 138 valence electrons. The van der Waals surface area contributed by atoms with E-state index < -0.39 is 11.6 Å². The molecule has 1 fully saturated rings. The molecule has 0 unspecified atom stereocenters. The molecule has 0 spiro atoms. The number of carbonyl (C=O) groups excluding carboxylic acids is 1. The van der Waals surface area contributed by atoms with E-state index in [2.05, 4.69) is 5.32 Å². The summed E-state index contributed by atoms with van der Waals surface area (Å²) in [4.78, 5) is 13.5. The van der Waals surface area contributed by atoms with E-state index >= 15 is 0 Å². The number of hydrogen-bond donors (Lipinski definition) is 1. The van der Waals surface area contributed by atoms with E-state index in [0.717, 1.165) is 48.3 Å². The van der Waals surface area contributed by atoms with E-state index in [0.29, 0.717) is 10.8 Å². The van der Waals surface area contributed by atoms with Crippen LogP contribution in [0, 0.1) is 18.6 Å². The van der Waals surface area contributed by atoms with E-state index in [1.54, 1.807) is 17.8 Å². The van der Waals surface area contributed by atoms with Crippen LogP contribution >= 0.6 is 23.4 Å². The van der Waals surface area contributed by atoms with Gasteiger partial charge in [-0.1, -0.05) is 6.07 Å². The van der Waals surface area contributed by atoms with E-state index in [9.17, 15) is 13.6 Å². The van der Waals surface area contributed by atoms with Gasteiger partial charge in [0.25, 0.3) is 5.91 Å². The van der Waals surface area contributed by atoms with Gasteiger partial charge in [0, 0.05) is 32.8 Å². The van der Waals surface area contributed by atoms with Crippen molar-refractivity contribution in [3.63, 3.8) is 0 Å². The number of amides is 1. The Bertz CT molecular complexity index is 806. The minimum absolute atomic E-state index is 0.226. The summed E-state index contributed by atoms with van der Waals surface area (Å²) >= 11 is 7.96. The number of carbonyl (C=O) groups is 1. The Kier molecular flexibility index (Phi) is 6.20. The molecule has 2 nitrogen and oxygen atoms in total. The normalized spacial score (nSPS) is 20.0. The molecule has 1 amide bonds. The zero-order chi connectivity index (χ0) is 18.7. The second-order valence-electron chi connectivity index (χ2n) is 6.56. The van der Waals surface area contributed by atoms with Crippen LogP contribution in [-0.4, -0.2) is 16.5 Å². The minimum Gasteiger partial charge on any atom is -0.322 e. The van der Waals surface area contributed by atoms with Crippen molar-refractivity contribution in [2.75, 3.05) is 5.32 Å². The molecule has 1 aliphatic rings. The second kappa shape index (κ2) is 8.40. The van der Waals surface area contributed by atoms with Crippen LogP contribution in [0.4, 0.5) is 14.5 Å².